The van der Waals surface area contributed by atoms with Crippen LogP contribution in [-0.2, 0) is 14.4 Å². The van der Waals surface area contributed by atoms with Crippen molar-refractivity contribution >= 4 is 17.7 Å². The molecule has 0 radical (unpaired) electrons. The van der Waals surface area contributed by atoms with E-state index in [2.05, 4.69) is 10.6 Å². The zero-order chi connectivity index (χ0) is 22.3. The van der Waals surface area contributed by atoms with Crippen molar-refractivity contribution in [3.05, 3.63) is 35.9 Å². The minimum atomic E-state index is -0.798. The first kappa shape index (κ1) is 23.3. The normalized spacial score (nSPS) is 19.4. The highest BCUT2D eigenvalue weighted by Crippen LogP contribution is 2.54. The molecule has 0 spiro atoms. The summed E-state index contributed by atoms with van der Waals surface area (Å²) in [5, 5.41) is 16.5. The Morgan fingerprint density at radius 3 is 2.39 bits per heavy atom. The first-order valence-corrected chi connectivity index (χ1v) is 11.5. The summed E-state index contributed by atoms with van der Waals surface area (Å²) < 4.78 is 0. The fraction of sp³-hybridized carbons (Fsp3) is 0.625. The summed E-state index contributed by atoms with van der Waals surface area (Å²) >= 11 is 0. The molecule has 2 fully saturated rings. The number of primary amides is 1. The van der Waals surface area contributed by atoms with Gasteiger partial charge in [0, 0.05) is 24.8 Å². The van der Waals surface area contributed by atoms with E-state index >= 15 is 0 Å². The number of rotatable bonds is 12. The lowest BCUT2D eigenvalue weighted by atomic mass is 9.92. The van der Waals surface area contributed by atoms with Crippen molar-refractivity contribution < 1.29 is 19.5 Å². The molecular formula is C24H35N3O4. The molecule has 0 saturated heterocycles. The van der Waals surface area contributed by atoms with Gasteiger partial charge in [0.15, 0.2) is 0 Å². The molecule has 0 aliphatic heterocycles. The minimum absolute atomic E-state index is 0.0266. The Labute approximate surface area is 184 Å². The lowest BCUT2D eigenvalue weighted by Gasteiger charge is -2.25. The second kappa shape index (κ2) is 10.8. The maximum atomic E-state index is 12.8. The van der Waals surface area contributed by atoms with Gasteiger partial charge in [-0.3, -0.25) is 14.4 Å². The number of benzene rings is 1. The summed E-state index contributed by atoms with van der Waals surface area (Å²) in [6.45, 7) is 0.326. The van der Waals surface area contributed by atoms with Crippen LogP contribution in [0.5, 0.6) is 0 Å². The van der Waals surface area contributed by atoms with E-state index in [1.54, 1.807) is 0 Å². The van der Waals surface area contributed by atoms with Gasteiger partial charge in [0.2, 0.25) is 17.7 Å². The summed E-state index contributed by atoms with van der Waals surface area (Å²) in [7, 11) is 0. The van der Waals surface area contributed by atoms with Gasteiger partial charge < -0.3 is 21.5 Å². The van der Waals surface area contributed by atoms with Gasteiger partial charge in [0.25, 0.3) is 0 Å². The summed E-state index contributed by atoms with van der Waals surface area (Å²) in [6, 6.07) is 8.63. The molecule has 2 aliphatic carbocycles. The molecule has 2 atom stereocenters. The van der Waals surface area contributed by atoms with Gasteiger partial charge in [-0.25, -0.2) is 0 Å². The predicted molar refractivity (Wildman–Crippen MR) is 118 cm³/mol. The smallest absolute Gasteiger partial charge is 0.242 e. The minimum Gasteiger partial charge on any atom is -0.388 e. The Hall–Kier alpha value is -2.41. The van der Waals surface area contributed by atoms with Crippen LogP contribution in [0.4, 0.5) is 0 Å². The van der Waals surface area contributed by atoms with E-state index in [1.807, 2.05) is 30.3 Å². The number of carbonyl (C=O) groups is 3. The Balaban J connectivity index is 1.52. The van der Waals surface area contributed by atoms with E-state index in [1.165, 1.54) is 25.7 Å². The first-order chi connectivity index (χ1) is 14.9. The Kier molecular flexibility index (Phi) is 8.07. The molecule has 0 heterocycles. The predicted octanol–water partition coefficient (Wildman–Crippen LogP) is 2.34. The van der Waals surface area contributed by atoms with Crippen LogP contribution in [0.2, 0.25) is 0 Å². The molecule has 31 heavy (non-hydrogen) atoms. The maximum Gasteiger partial charge on any atom is 0.242 e. The van der Waals surface area contributed by atoms with Crippen LogP contribution < -0.4 is 16.4 Å². The topological polar surface area (TPSA) is 122 Å². The van der Waals surface area contributed by atoms with Crippen LogP contribution in [0.1, 0.15) is 75.9 Å². The largest absolute Gasteiger partial charge is 0.388 e. The standard InChI is InChI=1S/C24H35N3O4/c25-20(28)12-11-19(27-21(29)13-10-17-6-4-5-7-17)23(31)26-16-24(14-15-24)22(30)18-8-2-1-3-9-18/h1-3,8-9,17,19,22,30H,4-7,10-16H2,(H2,25,28)(H,26,31)(H,27,29). The second-order valence-electron chi connectivity index (χ2n) is 9.21. The van der Waals surface area contributed by atoms with Gasteiger partial charge >= 0.3 is 0 Å². The third kappa shape index (κ3) is 6.79. The average Bonchev–Trinajstić information content (AvgIpc) is 3.38. The molecular weight excluding hydrogens is 394 g/mol. The number of aliphatic hydroxyl groups excluding tert-OH is 1. The second-order valence-corrected chi connectivity index (χ2v) is 9.21. The van der Waals surface area contributed by atoms with Crippen molar-refractivity contribution in [2.45, 2.75) is 76.4 Å². The van der Waals surface area contributed by atoms with Crippen LogP contribution >= 0.6 is 0 Å². The van der Waals surface area contributed by atoms with Crippen LogP contribution in [-0.4, -0.2) is 35.4 Å². The number of hydrogen-bond donors (Lipinski definition) is 4. The highest BCUT2D eigenvalue weighted by molar-refractivity contribution is 5.88. The number of hydrogen-bond acceptors (Lipinski definition) is 4. The van der Waals surface area contributed by atoms with Gasteiger partial charge in [0.05, 0.1) is 6.10 Å². The molecule has 5 N–H and O–H groups in total. The quantitative estimate of drug-likeness (QED) is 0.407. The van der Waals surface area contributed by atoms with E-state index in [0.717, 1.165) is 24.8 Å². The molecule has 2 saturated carbocycles. The van der Waals surface area contributed by atoms with Crippen molar-refractivity contribution in [1.82, 2.24) is 10.6 Å². The van der Waals surface area contributed by atoms with Crippen molar-refractivity contribution in [1.29, 1.82) is 0 Å². The van der Waals surface area contributed by atoms with Gasteiger partial charge in [-0.15, -0.1) is 0 Å². The van der Waals surface area contributed by atoms with E-state index < -0.39 is 18.1 Å². The van der Waals surface area contributed by atoms with E-state index in [9.17, 15) is 19.5 Å². The summed E-state index contributed by atoms with van der Waals surface area (Å²) in [4.78, 5) is 36.5. The zero-order valence-electron chi connectivity index (χ0n) is 18.1. The highest BCUT2D eigenvalue weighted by atomic mass is 16.3. The van der Waals surface area contributed by atoms with Crippen molar-refractivity contribution in [3.8, 4) is 0 Å². The van der Waals surface area contributed by atoms with Crippen LogP contribution in [0.3, 0.4) is 0 Å². The molecule has 170 valence electrons. The number of nitrogens with one attached hydrogen (secondary N) is 2. The molecule has 2 aliphatic rings. The molecule has 1 aromatic rings. The summed E-state index contributed by atoms with van der Waals surface area (Å²) in [5.41, 5.74) is 5.71. The Bertz CT molecular complexity index is 757. The maximum absolute atomic E-state index is 12.8. The van der Waals surface area contributed by atoms with Gasteiger partial charge in [0.1, 0.15) is 6.04 Å². The van der Waals surface area contributed by atoms with Gasteiger partial charge in [-0.1, -0.05) is 56.0 Å². The Morgan fingerprint density at radius 1 is 1.10 bits per heavy atom. The Morgan fingerprint density at radius 2 is 1.77 bits per heavy atom. The summed E-state index contributed by atoms with van der Waals surface area (Å²) in [6.07, 6.45) is 7.22. The van der Waals surface area contributed by atoms with Crippen LogP contribution in [0, 0.1) is 11.3 Å². The number of nitrogens with two attached hydrogens (primary N) is 1. The SMILES string of the molecule is NC(=O)CCC(NC(=O)CCC1CCCC1)C(=O)NCC1(C(O)c2ccccc2)CC1. The van der Waals surface area contributed by atoms with E-state index in [4.69, 9.17) is 5.73 Å². The lowest BCUT2D eigenvalue weighted by molar-refractivity contribution is -0.130. The average molecular weight is 430 g/mol. The fourth-order valence-electron chi connectivity index (χ4n) is 4.54. The van der Waals surface area contributed by atoms with Crippen molar-refractivity contribution in [3.63, 3.8) is 0 Å². The molecule has 0 bridgehead atoms. The molecule has 3 amide bonds. The monoisotopic (exact) mass is 429 g/mol. The van der Waals surface area contributed by atoms with Crippen LogP contribution in [0.25, 0.3) is 0 Å². The first-order valence-electron chi connectivity index (χ1n) is 11.5. The number of amides is 3. The lowest BCUT2D eigenvalue weighted by Crippen LogP contribution is -2.48. The molecule has 3 rings (SSSR count). The van der Waals surface area contributed by atoms with Gasteiger partial charge in [-0.2, -0.15) is 0 Å². The molecule has 7 heteroatoms. The molecule has 2 unspecified atom stereocenters. The highest BCUT2D eigenvalue weighted by Gasteiger charge is 2.49. The molecule has 0 aromatic heterocycles. The van der Waals surface area contributed by atoms with E-state index in [0.29, 0.717) is 18.9 Å². The molecule has 1 aromatic carbocycles. The fourth-order valence-corrected chi connectivity index (χ4v) is 4.54. The van der Waals surface area contributed by atoms with Gasteiger partial charge in [-0.05, 0) is 37.2 Å². The molecule has 7 nitrogen and oxygen atoms in total. The zero-order valence-corrected chi connectivity index (χ0v) is 18.1. The van der Waals surface area contributed by atoms with Crippen LogP contribution in [0.15, 0.2) is 30.3 Å². The van der Waals surface area contributed by atoms with Crippen molar-refractivity contribution in [2.24, 2.45) is 17.1 Å². The number of aliphatic hydroxyl groups is 1. The van der Waals surface area contributed by atoms with E-state index in [-0.39, 0.29) is 30.1 Å². The summed E-state index contributed by atoms with van der Waals surface area (Å²) in [5.74, 6) is -0.405. The third-order valence-electron chi connectivity index (χ3n) is 6.79. The van der Waals surface area contributed by atoms with Crippen molar-refractivity contribution in [2.75, 3.05) is 6.54 Å². The number of carbonyl (C=O) groups excluding carboxylic acids is 3. The third-order valence-corrected chi connectivity index (χ3v) is 6.79.